The maximum Gasteiger partial charge on any atom is 0.454 e. The van der Waals surface area contributed by atoms with Crippen LogP contribution in [0.3, 0.4) is 0 Å². The minimum atomic E-state index is -5.45. The van der Waals surface area contributed by atoms with Gasteiger partial charge in [0.15, 0.2) is 0 Å². The van der Waals surface area contributed by atoms with E-state index in [1.54, 1.807) is 0 Å². The smallest absolute Gasteiger partial charge is 0.195 e. The second-order valence-electron chi connectivity index (χ2n) is 1.74. The summed E-state index contributed by atoms with van der Waals surface area (Å²) in [7, 11) is 0. The number of alkyl halides is 7. The van der Waals surface area contributed by atoms with E-state index in [2.05, 4.69) is 15.9 Å². The minimum Gasteiger partial charge on any atom is -0.195 e. The first-order valence-corrected chi connectivity index (χ1v) is 4.74. The molecule has 0 fully saturated rings. The lowest BCUT2D eigenvalue weighted by molar-refractivity contribution is -0.277. The van der Waals surface area contributed by atoms with Crippen LogP contribution in [-0.4, -0.2) is 21.4 Å². The van der Waals surface area contributed by atoms with Gasteiger partial charge < -0.3 is 0 Å². The lowest BCUT2D eigenvalue weighted by atomic mass is 10.2. The average Bonchev–Trinajstić information content (AvgIpc) is 1.83. The first-order valence-electron chi connectivity index (χ1n) is 2.38. The van der Waals surface area contributed by atoms with Gasteiger partial charge in [0, 0.05) is 5.33 Å². The third kappa shape index (κ3) is 2.67. The second-order valence-corrected chi connectivity index (χ2v) is 3.89. The first kappa shape index (κ1) is 11.9. The van der Waals surface area contributed by atoms with Gasteiger partial charge in [-0.1, -0.05) is 38.5 Å². The molecule has 0 spiro atoms. The summed E-state index contributed by atoms with van der Waals surface area (Å²) in [5.74, 6) is -4.61. The van der Waals surface area contributed by atoms with Crippen LogP contribution in [-0.2, 0) is 0 Å². The monoisotopic (exact) mass is 352 g/mol. The van der Waals surface area contributed by atoms with Gasteiger partial charge in [0.2, 0.25) is 0 Å². The highest BCUT2D eigenvalue weighted by Gasteiger charge is 2.61. The Bertz CT molecular complexity index is 133. The molecule has 0 aromatic carbocycles. The summed E-state index contributed by atoms with van der Waals surface area (Å²) >= 11 is 3.61. The lowest BCUT2D eigenvalue weighted by Gasteiger charge is -2.22. The molecule has 0 amide bonds. The summed E-state index contributed by atoms with van der Waals surface area (Å²) in [5, 5.41) is -0.389. The Morgan fingerprint density at radius 1 is 1.18 bits per heavy atom. The number of hydrogen-bond acceptors (Lipinski definition) is 0. The fraction of sp³-hybridized carbons (Fsp3) is 1.00. The standard InChI is InChI=1S/C4H3BrF5I/c5-1-2(11)3(6,7)4(8,9)10/h2H,1H2. The van der Waals surface area contributed by atoms with E-state index in [0.717, 1.165) is 22.6 Å². The molecule has 11 heavy (non-hydrogen) atoms. The minimum absolute atomic E-state index is 0.389. The Kier molecular flexibility index (Phi) is 4.00. The van der Waals surface area contributed by atoms with Crippen molar-refractivity contribution in [1.82, 2.24) is 0 Å². The zero-order valence-corrected chi connectivity index (χ0v) is 8.67. The van der Waals surface area contributed by atoms with Crippen molar-refractivity contribution in [3.63, 3.8) is 0 Å². The molecule has 0 nitrogen and oxygen atoms in total. The van der Waals surface area contributed by atoms with Crippen LogP contribution >= 0.6 is 38.5 Å². The molecule has 0 saturated heterocycles. The van der Waals surface area contributed by atoms with Gasteiger partial charge in [-0.15, -0.1) is 0 Å². The molecule has 0 aliphatic carbocycles. The van der Waals surface area contributed by atoms with Crippen molar-refractivity contribution in [3.8, 4) is 0 Å². The van der Waals surface area contributed by atoms with E-state index in [4.69, 9.17) is 0 Å². The van der Waals surface area contributed by atoms with Gasteiger partial charge in [-0.05, 0) is 0 Å². The van der Waals surface area contributed by atoms with E-state index in [1.165, 1.54) is 0 Å². The average molecular weight is 353 g/mol. The van der Waals surface area contributed by atoms with E-state index in [9.17, 15) is 22.0 Å². The molecule has 7 heteroatoms. The van der Waals surface area contributed by atoms with Crippen LogP contribution in [0.4, 0.5) is 22.0 Å². The molecular formula is C4H3BrF5I. The van der Waals surface area contributed by atoms with Crippen LogP contribution in [0.5, 0.6) is 0 Å². The van der Waals surface area contributed by atoms with Gasteiger partial charge in [0.05, 0.1) is 3.92 Å². The molecule has 0 radical (unpaired) electrons. The van der Waals surface area contributed by atoms with Crippen LogP contribution in [0.1, 0.15) is 0 Å². The fourth-order valence-corrected chi connectivity index (χ4v) is 1.03. The maximum absolute atomic E-state index is 12.2. The quantitative estimate of drug-likeness (QED) is 0.406. The first-order chi connectivity index (χ1) is 4.73. The fourth-order valence-electron chi connectivity index (χ4n) is 0.274. The van der Waals surface area contributed by atoms with Crippen molar-refractivity contribution in [2.75, 3.05) is 5.33 Å². The van der Waals surface area contributed by atoms with Crippen molar-refractivity contribution in [3.05, 3.63) is 0 Å². The van der Waals surface area contributed by atoms with Gasteiger partial charge in [-0.3, -0.25) is 0 Å². The summed E-state index contributed by atoms with van der Waals surface area (Å²) in [6.45, 7) is 0. The van der Waals surface area contributed by atoms with Crippen LogP contribution in [0, 0.1) is 0 Å². The summed E-state index contributed by atoms with van der Waals surface area (Å²) in [5.41, 5.74) is 0. The molecule has 0 rings (SSSR count). The molecule has 0 aliphatic heterocycles. The summed E-state index contributed by atoms with van der Waals surface area (Å²) < 4.78 is 57.0. The summed E-state index contributed by atoms with van der Waals surface area (Å²) in [6, 6.07) is 0. The van der Waals surface area contributed by atoms with Crippen LogP contribution in [0.2, 0.25) is 0 Å². The van der Waals surface area contributed by atoms with Gasteiger partial charge >= 0.3 is 12.1 Å². The molecule has 1 atom stereocenters. The molecular weight excluding hydrogens is 350 g/mol. The number of rotatable bonds is 2. The highest BCUT2D eigenvalue weighted by atomic mass is 127. The second kappa shape index (κ2) is 3.71. The van der Waals surface area contributed by atoms with Gasteiger partial charge in [-0.25, -0.2) is 0 Å². The van der Waals surface area contributed by atoms with Gasteiger partial charge in [0.1, 0.15) is 0 Å². The molecule has 1 unspecified atom stereocenters. The lowest BCUT2D eigenvalue weighted by Crippen LogP contribution is -2.44. The zero-order valence-electron chi connectivity index (χ0n) is 4.93. The van der Waals surface area contributed by atoms with Crippen molar-refractivity contribution in [2.24, 2.45) is 0 Å². The molecule has 0 bridgehead atoms. The molecule has 0 heterocycles. The summed E-state index contributed by atoms with van der Waals surface area (Å²) in [4.78, 5) is 0. The van der Waals surface area contributed by atoms with E-state index < -0.39 is 16.0 Å². The zero-order chi connectivity index (χ0) is 9.28. The largest absolute Gasteiger partial charge is 0.454 e. The Morgan fingerprint density at radius 2 is 1.55 bits per heavy atom. The molecule has 0 saturated carbocycles. The summed E-state index contributed by atoms with van der Waals surface area (Å²) in [6.07, 6.45) is -5.45. The number of hydrogen-bond donors (Lipinski definition) is 0. The Balaban J connectivity index is 4.45. The van der Waals surface area contributed by atoms with Crippen molar-refractivity contribution in [2.45, 2.75) is 16.0 Å². The molecule has 0 aromatic heterocycles. The molecule has 0 aliphatic rings. The predicted octanol–water partition coefficient (Wildman–Crippen LogP) is 3.38. The Labute approximate surface area is 81.8 Å². The van der Waals surface area contributed by atoms with Crippen molar-refractivity contribution in [1.29, 1.82) is 0 Å². The normalized spacial score (nSPS) is 16.6. The third-order valence-corrected chi connectivity index (χ3v) is 3.99. The van der Waals surface area contributed by atoms with Crippen molar-refractivity contribution < 1.29 is 22.0 Å². The molecule has 68 valence electrons. The molecule has 0 aromatic rings. The van der Waals surface area contributed by atoms with E-state index in [1.807, 2.05) is 0 Å². The number of halogens is 7. The van der Waals surface area contributed by atoms with E-state index >= 15 is 0 Å². The Morgan fingerprint density at radius 3 is 1.64 bits per heavy atom. The topological polar surface area (TPSA) is 0 Å². The maximum atomic E-state index is 12.2. The third-order valence-electron chi connectivity index (χ3n) is 0.907. The van der Waals surface area contributed by atoms with E-state index in [-0.39, 0.29) is 5.33 Å². The van der Waals surface area contributed by atoms with Crippen molar-refractivity contribution >= 4 is 38.5 Å². The predicted molar refractivity (Wildman–Crippen MR) is 42.6 cm³/mol. The Hall–Kier alpha value is 0.860. The highest BCUT2D eigenvalue weighted by Crippen LogP contribution is 2.41. The van der Waals surface area contributed by atoms with Gasteiger partial charge in [-0.2, -0.15) is 22.0 Å². The van der Waals surface area contributed by atoms with Gasteiger partial charge in [0.25, 0.3) is 0 Å². The van der Waals surface area contributed by atoms with E-state index in [0.29, 0.717) is 0 Å². The molecule has 0 N–H and O–H groups in total. The van der Waals surface area contributed by atoms with Crippen LogP contribution in [0.15, 0.2) is 0 Å². The van der Waals surface area contributed by atoms with Crippen LogP contribution < -0.4 is 0 Å². The highest BCUT2D eigenvalue weighted by molar-refractivity contribution is 14.1. The van der Waals surface area contributed by atoms with Crippen LogP contribution in [0.25, 0.3) is 0 Å². The SMILES string of the molecule is FC(F)(F)C(F)(F)C(I)CBr.